The Morgan fingerprint density at radius 1 is 1.03 bits per heavy atom. The standard InChI is InChI=1S/C25H22N10O3/c1-34-11-9-25(37,23(34)36)20-12-19(33-38-20)17-5-3-4-16(29-17)18-8-10-26-24(30-18)31-21-7-6-15(13-27-21)22-32-28-14-35(22)2/h3-8,10,12-14,37H,9,11H2,1-2H3,(H,26,27,30,31)/t25-/m1/s1. The maximum absolute atomic E-state index is 12.4. The van der Waals surface area contributed by atoms with Crippen molar-refractivity contribution in [3.63, 3.8) is 0 Å². The van der Waals surface area contributed by atoms with E-state index >= 15 is 0 Å². The minimum absolute atomic E-state index is 0.0975. The second-order valence-corrected chi connectivity index (χ2v) is 8.91. The molecule has 38 heavy (non-hydrogen) atoms. The number of aliphatic hydroxyl groups is 1. The van der Waals surface area contributed by atoms with Gasteiger partial charge in [-0.05, 0) is 30.3 Å². The topological polar surface area (TPSA) is 161 Å². The minimum Gasteiger partial charge on any atom is -0.373 e. The highest BCUT2D eigenvalue weighted by Crippen LogP contribution is 2.34. The molecule has 13 heteroatoms. The first-order valence-electron chi connectivity index (χ1n) is 11.7. The molecule has 13 nitrogen and oxygen atoms in total. The van der Waals surface area contributed by atoms with Crippen molar-refractivity contribution in [2.75, 3.05) is 18.9 Å². The number of nitrogens with zero attached hydrogens (tertiary/aromatic N) is 9. The summed E-state index contributed by atoms with van der Waals surface area (Å²) in [7, 11) is 3.50. The van der Waals surface area contributed by atoms with E-state index in [1.54, 1.807) is 44.0 Å². The average Bonchev–Trinajstić information content (AvgIpc) is 3.67. The summed E-state index contributed by atoms with van der Waals surface area (Å²) in [4.78, 5) is 31.8. The number of carbonyl (C=O) groups excluding carboxylic acids is 1. The van der Waals surface area contributed by atoms with Crippen LogP contribution in [-0.4, -0.2) is 69.4 Å². The number of likely N-dealkylation sites (N-methyl/N-ethyl adjacent to an activating group) is 1. The normalized spacial score (nSPS) is 17.2. The summed E-state index contributed by atoms with van der Waals surface area (Å²) in [6.07, 6.45) is 5.18. The fraction of sp³-hybridized carbons (Fsp3) is 0.200. The van der Waals surface area contributed by atoms with Gasteiger partial charge in [-0.3, -0.25) is 4.79 Å². The maximum atomic E-state index is 12.4. The third kappa shape index (κ3) is 4.14. The average molecular weight is 511 g/mol. The summed E-state index contributed by atoms with van der Waals surface area (Å²) in [5.41, 5.74) is 1.18. The molecule has 1 aliphatic rings. The van der Waals surface area contributed by atoms with Crippen molar-refractivity contribution in [3.8, 4) is 34.2 Å². The van der Waals surface area contributed by atoms with Crippen LogP contribution in [0.2, 0.25) is 0 Å². The molecule has 0 aromatic carbocycles. The molecule has 0 unspecified atom stereocenters. The highest BCUT2D eigenvalue weighted by Gasteiger charge is 2.48. The Bertz CT molecular complexity index is 1630. The minimum atomic E-state index is -1.72. The third-order valence-corrected chi connectivity index (χ3v) is 6.33. The number of aryl methyl sites for hydroxylation is 1. The van der Waals surface area contributed by atoms with Crippen LogP contribution in [0, 0.1) is 0 Å². The highest BCUT2D eigenvalue weighted by molar-refractivity contribution is 5.87. The van der Waals surface area contributed by atoms with E-state index < -0.39 is 11.5 Å². The van der Waals surface area contributed by atoms with Gasteiger partial charge in [-0.25, -0.2) is 19.9 Å². The molecular formula is C25H22N10O3. The van der Waals surface area contributed by atoms with Gasteiger partial charge in [0.2, 0.25) is 11.5 Å². The zero-order valence-electron chi connectivity index (χ0n) is 20.5. The van der Waals surface area contributed by atoms with Gasteiger partial charge in [0.05, 0.1) is 17.1 Å². The summed E-state index contributed by atoms with van der Waals surface area (Å²) >= 11 is 0. The molecule has 1 amide bonds. The number of likely N-dealkylation sites (tertiary alicyclic amines) is 1. The Morgan fingerprint density at radius 3 is 2.55 bits per heavy atom. The quantitative estimate of drug-likeness (QED) is 0.344. The van der Waals surface area contributed by atoms with Gasteiger partial charge in [0.25, 0.3) is 5.91 Å². The number of aromatic nitrogens is 8. The molecule has 6 heterocycles. The van der Waals surface area contributed by atoms with E-state index in [9.17, 15) is 9.90 Å². The van der Waals surface area contributed by atoms with Crippen molar-refractivity contribution in [2.24, 2.45) is 7.05 Å². The molecule has 0 bridgehead atoms. The van der Waals surface area contributed by atoms with Gasteiger partial charge in [0.1, 0.15) is 17.8 Å². The number of hydrogen-bond acceptors (Lipinski definition) is 11. The summed E-state index contributed by atoms with van der Waals surface area (Å²) in [6, 6.07) is 12.4. The molecule has 1 saturated heterocycles. The van der Waals surface area contributed by atoms with Gasteiger partial charge in [0, 0.05) is 51.1 Å². The maximum Gasteiger partial charge on any atom is 0.262 e. The number of amides is 1. The number of pyridine rings is 2. The lowest BCUT2D eigenvalue weighted by Crippen LogP contribution is -2.35. The van der Waals surface area contributed by atoms with E-state index in [4.69, 9.17) is 4.52 Å². The van der Waals surface area contributed by atoms with Crippen LogP contribution in [0.5, 0.6) is 0 Å². The first-order chi connectivity index (χ1) is 18.4. The number of rotatable bonds is 6. The van der Waals surface area contributed by atoms with Gasteiger partial charge in [-0.1, -0.05) is 11.2 Å². The van der Waals surface area contributed by atoms with Crippen molar-refractivity contribution in [1.82, 2.24) is 44.8 Å². The van der Waals surface area contributed by atoms with E-state index in [2.05, 4.69) is 40.6 Å². The number of carbonyl (C=O) groups is 1. The second-order valence-electron chi connectivity index (χ2n) is 8.91. The molecule has 1 fully saturated rings. The van der Waals surface area contributed by atoms with Crippen LogP contribution in [0.1, 0.15) is 12.2 Å². The van der Waals surface area contributed by atoms with Crippen molar-refractivity contribution in [1.29, 1.82) is 0 Å². The Balaban J connectivity index is 1.22. The van der Waals surface area contributed by atoms with Crippen molar-refractivity contribution in [3.05, 3.63) is 66.9 Å². The van der Waals surface area contributed by atoms with Crippen molar-refractivity contribution in [2.45, 2.75) is 12.0 Å². The van der Waals surface area contributed by atoms with E-state index in [0.29, 0.717) is 46.9 Å². The number of hydrogen-bond donors (Lipinski definition) is 2. The van der Waals surface area contributed by atoms with Gasteiger partial charge in [0.15, 0.2) is 11.6 Å². The van der Waals surface area contributed by atoms with E-state index in [1.807, 2.05) is 35.9 Å². The van der Waals surface area contributed by atoms with Gasteiger partial charge >= 0.3 is 0 Å². The predicted molar refractivity (Wildman–Crippen MR) is 134 cm³/mol. The molecule has 2 N–H and O–H groups in total. The molecule has 1 atom stereocenters. The summed E-state index contributed by atoms with van der Waals surface area (Å²) in [5.74, 6) is 1.31. The van der Waals surface area contributed by atoms with E-state index in [0.717, 1.165) is 5.56 Å². The summed E-state index contributed by atoms with van der Waals surface area (Å²) in [5, 5.41) is 26.0. The first-order valence-corrected chi connectivity index (χ1v) is 11.7. The smallest absolute Gasteiger partial charge is 0.262 e. The van der Waals surface area contributed by atoms with Crippen LogP contribution in [0.15, 0.2) is 65.7 Å². The molecule has 6 rings (SSSR count). The fourth-order valence-corrected chi connectivity index (χ4v) is 4.21. The van der Waals surface area contributed by atoms with Gasteiger partial charge < -0.3 is 24.4 Å². The highest BCUT2D eigenvalue weighted by atomic mass is 16.5. The van der Waals surface area contributed by atoms with Crippen molar-refractivity contribution < 1.29 is 14.4 Å². The van der Waals surface area contributed by atoms with Crippen LogP contribution in [0.4, 0.5) is 11.8 Å². The van der Waals surface area contributed by atoms with Crippen LogP contribution in [-0.2, 0) is 17.4 Å². The molecular weight excluding hydrogens is 488 g/mol. The molecule has 5 aromatic rings. The number of nitrogens with one attached hydrogen (secondary N) is 1. The first kappa shape index (κ1) is 23.4. The molecule has 5 aromatic heterocycles. The zero-order valence-corrected chi connectivity index (χ0v) is 20.5. The number of anilines is 2. The molecule has 1 aliphatic heterocycles. The fourth-order valence-electron chi connectivity index (χ4n) is 4.21. The SMILES string of the molecule is CN1CC[C@@](O)(c2cc(-c3cccc(-c4ccnc(Nc5ccc(-c6nncn6C)cn5)n4)n3)no2)C1=O. The van der Waals surface area contributed by atoms with Crippen molar-refractivity contribution >= 4 is 17.7 Å². The monoisotopic (exact) mass is 510 g/mol. The van der Waals surface area contributed by atoms with E-state index in [-0.39, 0.29) is 12.2 Å². The van der Waals surface area contributed by atoms with Crippen LogP contribution in [0.25, 0.3) is 34.2 Å². The lowest BCUT2D eigenvalue weighted by atomic mass is 9.98. The Kier molecular flexibility index (Phi) is 5.61. The summed E-state index contributed by atoms with van der Waals surface area (Å²) in [6.45, 7) is 0.435. The lowest BCUT2D eigenvalue weighted by molar-refractivity contribution is -0.144. The lowest BCUT2D eigenvalue weighted by Gasteiger charge is -2.16. The molecule has 0 aliphatic carbocycles. The van der Waals surface area contributed by atoms with Gasteiger partial charge in [-0.15, -0.1) is 10.2 Å². The Hall–Kier alpha value is -5.04. The van der Waals surface area contributed by atoms with Gasteiger partial charge in [-0.2, -0.15) is 0 Å². The Morgan fingerprint density at radius 2 is 1.84 bits per heavy atom. The Labute approximate surface area is 216 Å². The van der Waals surface area contributed by atoms with Crippen LogP contribution < -0.4 is 5.32 Å². The van der Waals surface area contributed by atoms with E-state index in [1.165, 1.54) is 4.90 Å². The molecule has 0 saturated carbocycles. The third-order valence-electron chi connectivity index (χ3n) is 6.33. The molecule has 190 valence electrons. The van der Waals surface area contributed by atoms with Crippen LogP contribution >= 0.6 is 0 Å². The predicted octanol–water partition coefficient (Wildman–Crippen LogP) is 2.18. The second kappa shape index (κ2) is 9.12. The largest absolute Gasteiger partial charge is 0.373 e. The zero-order chi connectivity index (χ0) is 26.3. The summed E-state index contributed by atoms with van der Waals surface area (Å²) < 4.78 is 7.17. The van der Waals surface area contributed by atoms with Crippen LogP contribution in [0.3, 0.4) is 0 Å². The molecule has 0 spiro atoms. The molecule has 0 radical (unpaired) electrons.